The molecule has 1 saturated heterocycles. The maximum atomic E-state index is 13.6. The van der Waals surface area contributed by atoms with Gasteiger partial charge >= 0.3 is 0 Å². The van der Waals surface area contributed by atoms with Crippen LogP contribution >= 0.6 is 11.6 Å². The van der Waals surface area contributed by atoms with Gasteiger partial charge in [0.15, 0.2) is 0 Å². The first-order valence-electron chi connectivity index (χ1n) is 12.0. The van der Waals surface area contributed by atoms with Crippen LogP contribution in [0.1, 0.15) is 60.9 Å². The van der Waals surface area contributed by atoms with Gasteiger partial charge in [-0.25, -0.2) is 9.97 Å². The predicted molar refractivity (Wildman–Crippen MR) is 129 cm³/mol. The summed E-state index contributed by atoms with van der Waals surface area (Å²) in [4.78, 5) is 26.7. The van der Waals surface area contributed by atoms with Crippen LogP contribution in [0, 0.1) is 5.92 Å². The Balaban J connectivity index is 1.27. The van der Waals surface area contributed by atoms with E-state index in [4.69, 9.17) is 11.6 Å². The van der Waals surface area contributed by atoms with Gasteiger partial charge in [-0.15, -0.1) is 0 Å². The van der Waals surface area contributed by atoms with Crippen molar-refractivity contribution in [2.75, 3.05) is 44.2 Å². The summed E-state index contributed by atoms with van der Waals surface area (Å²) in [5.41, 5.74) is 2.83. The number of halogens is 1. The topological polar surface area (TPSA) is 81.6 Å². The minimum Gasteiger partial charge on any atom is -0.387 e. The lowest BCUT2D eigenvalue weighted by Crippen LogP contribution is -2.51. The molecule has 7 nitrogen and oxygen atoms in total. The van der Waals surface area contributed by atoms with Gasteiger partial charge in [-0.2, -0.15) is 0 Å². The number of rotatable bonds is 7. The van der Waals surface area contributed by atoms with Gasteiger partial charge in [0, 0.05) is 43.3 Å². The third-order valence-corrected chi connectivity index (χ3v) is 7.47. The average Bonchev–Trinajstić information content (AvgIpc) is 3.61. The highest BCUT2D eigenvalue weighted by atomic mass is 35.5. The van der Waals surface area contributed by atoms with Crippen molar-refractivity contribution in [1.29, 1.82) is 0 Å². The lowest BCUT2D eigenvalue weighted by Gasteiger charge is -2.38. The summed E-state index contributed by atoms with van der Waals surface area (Å²) in [6, 6.07) is 7.66. The summed E-state index contributed by atoms with van der Waals surface area (Å²) < 4.78 is 0. The number of hydrogen-bond donors (Lipinski definition) is 2. The molecule has 0 bridgehead atoms. The molecule has 33 heavy (non-hydrogen) atoms. The smallest absolute Gasteiger partial charge is 0.231 e. The number of amides is 1. The summed E-state index contributed by atoms with van der Waals surface area (Å²) in [7, 11) is 0. The van der Waals surface area contributed by atoms with Crippen molar-refractivity contribution in [3.05, 3.63) is 52.4 Å². The molecule has 0 radical (unpaired) electrons. The molecule has 1 aromatic heterocycles. The number of carbonyl (C=O) groups is 1. The predicted octanol–water partition coefficient (Wildman–Crippen LogP) is 3.10. The van der Waals surface area contributed by atoms with E-state index in [-0.39, 0.29) is 17.7 Å². The minimum atomic E-state index is -0.511. The number of fused-ring (bicyclic) bond motifs is 1. The third kappa shape index (κ3) is 4.86. The van der Waals surface area contributed by atoms with Gasteiger partial charge in [0.1, 0.15) is 12.1 Å². The molecule has 8 heteroatoms. The van der Waals surface area contributed by atoms with Gasteiger partial charge in [0.2, 0.25) is 5.91 Å². The van der Waals surface area contributed by atoms with Crippen molar-refractivity contribution in [3.8, 4) is 0 Å². The highest BCUT2D eigenvalue weighted by molar-refractivity contribution is 6.30. The summed E-state index contributed by atoms with van der Waals surface area (Å²) >= 11 is 6.09. The number of hydrogen-bond acceptors (Lipinski definition) is 6. The average molecular weight is 470 g/mol. The first-order chi connectivity index (χ1) is 16.0. The second-order valence-electron chi connectivity index (χ2n) is 9.67. The molecule has 5 rings (SSSR count). The Morgan fingerprint density at radius 3 is 2.61 bits per heavy atom. The van der Waals surface area contributed by atoms with Crippen molar-refractivity contribution in [1.82, 2.24) is 20.2 Å². The highest BCUT2D eigenvalue weighted by Crippen LogP contribution is 2.42. The molecule has 0 unspecified atom stereocenters. The van der Waals surface area contributed by atoms with Gasteiger partial charge < -0.3 is 20.2 Å². The molecule has 2 aromatic rings. The largest absolute Gasteiger partial charge is 0.387 e. The molecule has 1 amide bonds. The number of aliphatic hydroxyl groups excluding tert-OH is 1. The second-order valence-corrected chi connectivity index (χ2v) is 10.1. The van der Waals surface area contributed by atoms with Crippen LogP contribution in [0.2, 0.25) is 5.02 Å². The summed E-state index contributed by atoms with van der Waals surface area (Å²) in [5.74, 6) is 1.86. The Hall–Kier alpha value is -2.22. The number of piperazine rings is 1. The quantitative estimate of drug-likeness (QED) is 0.648. The number of anilines is 1. The maximum absolute atomic E-state index is 13.6. The van der Waals surface area contributed by atoms with E-state index >= 15 is 0 Å². The van der Waals surface area contributed by atoms with Gasteiger partial charge in [-0.3, -0.25) is 4.79 Å². The van der Waals surface area contributed by atoms with Crippen LogP contribution in [0.4, 0.5) is 5.82 Å². The van der Waals surface area contributed by atoms with Crippen molar-refractivity contribution in [2.45, 2.75) is 44.1 Å². The highest BCUT2D eigenvalue weighted by Gasteiger charge is 2.35. The van der Waals surface area contributed by atoms with E-state index in [2.05, 4.69) is 27.1 Å². The van der Waals surface area contributed by atoms with Crippen LogP contribution < -0.4 is 10.2 Å². The molecule has 2 N–H and O–H groups in total. The standard InChI is InChI=1S/C25H32ClN5O2/c1-16-12-21(32)23-22(16)24(29-15-28-23)30-8-10-31(11-9-30)25(33)20(14-27-13-17-2-3-17)18-4-6-19(26)7-5-18/h4-7,15-17,20-21,27,32H,2-3,8-14H2,1H3/t16-,20+,21-/m1/s1. The maximum Gasteiger partial charge on any atom is 0.231 e. The summed E-state index contributed by atoms with van der Waals surface area (Å²) in [5, 5.41) is 14.5. The van der Waals surface area contributed by atoms with Crippen molar-refractivity contribution in [3.63, 3.8) is 0 Å². The second kappa shape index (κ2) is 9.57. The molecule has 2 fully saturated rings. The van der Waals surface area contributed by atoms with Crippen molar-refractivity contribution < 1.29 is 9.90 Å². The van der Waals surface area contributed by atoms with Crippen LogP contribution in [0.25, 0.3) is 0 Å². The Morgan fingerprint density at radius 1 is 1.18 bits per heavy atom. The van der Waals surface area contributed by atoms with Gasteiger partial charge in [0.05, 0.1) is 17.7 Å². The van der Waals surface area contributed by atoms with Gasteiger partial charge in [0.25, 0.3) is 0 Å². The molecule has 3 aliphatic rings. The molecular weight excluding hydrogens is 438 g/mol. The van der Waals surface area contributed by atoms with E-state index in [9.17, 15) is 9.90 Å². The third-order valence-electron chi connectivity index (χ3n) is 7.22. The first-order valence-corrected chi connectivity index (χ1v) is 12.4. The zero-order valence-electron chi connectivity index (χ0n) is 19.1. The Kier molecular flexibility index (Phi) is 6.54. The van der Waals surface area contributed by atoms with Crippen LogP contribution in [0.3, 0.4) is 0 Å². The normalized spacial score (nSPS) is 23.5. The van der Waals surface area contributed by atoms with Crippen molar-refractivity contribution in [2.24, 2.45) is 5.92 Å². The van der Waals surface area contributed by atoms with Crippen LogP contribution in [-0.2, 0) is 4.79 Å². The van der Waals surface area contributed by atoms with E-state index < -0.39 is 6.10 Å². The molecular formula is C25H32ClN5O2. The molecule has 1 aliphatic heterocycles. The van der Waals surface area contributed by atoms with Gasteiger partial charge in [-0.1, -0.05) is 30.7 Å². The fourth-order valence-corrected chi connectivity index (χ4v) is 5.24. The van der Waals surface area contributed by atoms with Gasteiger partial charge in [-0.05, 0) is 55.3 Å². The number of aromatic nitrogens is 2. The number of aliphatic hydroxyl groups is 1. The molecule has 176 valence electrons. The lowest BCUT2D eigenvalue weighted by atomic mass is 9.97. The van der Waals surface area contributed by atoms with E-state index in [1.54, 1.807) is 6.33 Å². The first kappa shape index (κ1) is 22.6. The molecule has 2 heterocycles. The van der Waals surface area contributed by atoms with Crippen LogP contribution in [0.15, 0.2) is 30.6 Å². The monoisotopic (exact) mass is 469 g/mol. The van der Waals surface area contributed by atoms with Crippen LogP contribution in [0.5, 0.6) is 0 Å². The zero-order valence-corrected chi connectivity index (χ0v) is 19.8. The lowest BCUT2D eigenvalue weighted by molar-refractivity contribution is -0.133. The fraction of sp³-hybridized carbons (Fsp3) is 0.560. The molecule has 1 aromatic carbocycles. The fourth-order valence-electron chi connectivity index (χ4n) is 5.11. The Labute approximate surface area is 200 Å². The number of carbonyl (C=O) groups excluding carboxylic acids is 1. The molecule has 3 atom stereocenters. The van der Waals surface area contributed by atoms with E-state index in [0.29, 0.717) is 31.1 Å². The molecule has 0 spiro atoms. The van der Waals surface area contributed by atoms with Crippen molar-refractivity contribution >= 4 is 23.3 Å². The number of nitrogens with one attached hydrogen (secondary N) is 1. The number of nitrogens with zero attached hydrogens (tertiary/aromatic N) is 4. The number of benzene rings is 1. The van der Waals surface area contributed by atoms with Crippen LogP contribution in [-0.4, -0.2) is 65.2 Å². The molecule has 1 saturated carbocycles. The minimum absolute atomic E-state index is 0.164. The summed E-state index contributed by atoms with van der Waals surface area (Å²) in [6.07, 6.45) is 4.31. The van der Waals surface area contributed by atoms with E-state index in [0.717, 1.165) is 48.2 Å². The Morgan fingerprint density at radius 2 is 1.91 bits per heavy atom. The summed E-state index contributed by atoms with van der Waals surface area (Å²) in [6.45, 7) is 6.50. The van der Waals surface area contributed by atoms with E-state index in [1.165, 1.54) is 12.8 Å². The SMILES string of the molecule is C[C@@H]1C[C@@H](O)c2ncnc(N3CCN(C(=O)[C@@H](CNCC4CC4)c4ccc(Cl)cc4)CC3)c21. The molecule has 2 aliphatic carbocycles. The zero-order chi connectivity index (χ0) is 22.9. The Bertz CT molecular complexity index is 989. The van der Waals surface area contributed by atoms with E-state index in [1.807, 2.05) is 29.2 Å².